The molecule has 34 heavy (non-hydrogen) atoms. The normalized spacial score (nSPS) is 22.8. The summed E-state index contributed by atoms with van der Waals surface area (Å²) in [5.74, 6) is 0.330. The lowest BCUT2D eigenvalue weighted by molar-refractivity contribution is -0.117. The van der Waals surface area contributed by atoms with Gasteiger partial charge in [-0.2, -0.15) is 0 Å². The molecule has 0 aliphatic carbocycles. The van der Waals surface area contributed by atoms with Crippen LogP contribution in [0.15, 0.2) is 48.5 Å². The smallest absolute Gasteiger partial charge is 0.239 e. The molecule has 0 amide bonds. The highest BCUT2D eigenvalue weighted by atomic mass is 16.7. The maximum absolute atomic E-state index is 10.5. The van der Waals surface area contributed by atoms with Crippen molar-refractivity contribution in [2.45, 2.75) is 24.6 Å². The van der Waals surface area contributed by atoms with Crippen LogP contribution in [0.3, 0.4) is 0 Å². The zero-order chi connectivity index (χ0) is 24.0. The van der Waals surface area contributed by atoms with Crippen LogP contribution in [0.5, 0.6) is 46.0 Å². The van der Waals surface area contributed by atoms with Gasteiger partial charge in [0.05, 0.1) is 13.7 Å². The van der Waals surface area contributed by atoms with Gasteiger partial charge in [-0.1, -0.05) is 12.1 Å². The highest BCUT2D eigenvalue weighted by molar-refractivity contribution is 5.56. The Labute approximate surface area is 193 Å². The molecular weight excluding hydrogens is 448 g/mol. The molecule has 178 valence electrons. The fraction of sp³-hybridized carbons (Fsp3) is 0.250. The highest BCUT2D eigenvalue weighted by Crippen LogP contribution is 2.48. The Morgan fingerprint density at radius 1 is 0.765 bits per heavy atom. The predicted octanol–water partition coefficient (Wildman–Crippen LogP) is 2.52. The zero-order valence-electron chi connectivity index (χ0n) is 17.9. The molecule has 2 heterocycles. The van der Waals surface area contributed by atoms with Crippen LogP contribution in [0.1, 0.15) is 23.3 Å². The van der Waals surface area contributed by atoms with Crippen molar-refractivity contribution in [1.82, 2.24) is 0 Å². The number of rotatable bonds is 4. The van der Waals surface area contributed by atoms with Crippen LogP contribution in [0.4, 0.5) is 0 Å². The summed E-state index contributed by atoms with van der Waals surface area (Å²) in [6.45, 7) is -0.322. The van der Waals surface area contributed by atoms with Crippen molar-refractivity contribution in [1.29, 1.82) is 0 Å². The lowest BCUT2D eigenvalue weighted by Crippen LogP contribution is -2.36. The van der Waals surface area contributed by atoms with Crippen molar-refractivity contribution >= 4 is 0 Å². The number of aliphatic hydroxyl groups is 2. The molecule has 2 aliphatic heterocycles. The number of hydrogen-bond acceptors (Lipinski definition) is 10. The van der Waals surface area contributed by atoms with E-state index in [0.29, 0.717) is 22.6 Å². The largest absolute Gasteiger partial charge is 0.508 e. The summed E-state index contributed by atoms with van der Waals surface area (Å²) < 4.78 is 28.5. The van der Waals surface area contributed by atoms with Gasteiger partial charge < -0.3 is 49.2 Å². The van der Waals surface area contributed by atoms with Gasteiger partial charge in [0, 0.05) is 23.3 Å². The minimum Gasteiger partial charge on any atom is -0.508 e. The molecule has 4 atom stereocenters. The third-order valence-electron chi connectivity index (χ3n) is 5.65. The monoisotopic (exact) mass is 470 g/mol. The van der Waals surface area contributed by atoms with Crippen molar-refractivity contribution in [3.8, 4) is 46.0 Å². The number of benzene rings is 3. The summed E-state index contributed by atoms with van der Waals surface area (Å²) in [5.41, 5.74) is 1.09. The molecule has 0 saturated heterocycles. The van der Waals surface area contributed by atoms with Crippen molar-refractivity contribution in [2.24, 2.45) is 0 Å². The lowest BCUT2D eigenvalue weighted by atomic mass is 10.0. The van der Waals surface area contributed by atoms with Gasteiger partial charge in [0.1, 0.15) is 5.75 Å². The zero-order valence-corrected chi connectivity index (χ0v) is 17.9. The molecule has 5 N–H and O–H groups in total. The Balaban J connectivity index is 1.46. The Hall–Kier alpha value is -4.02. The Kier molecular flexibility index (Phi) is 5.39. The Morgan fingerprint density at radius 3 is 2.26 bits per heavy atom. The molecule has 0 unspecified atom stereocenters. The van der Waals surface area contributed by atoms with Gasteiger partial charge in [-0.15, -0.1) is 0 Å². The molecule has 0 radical (unpaired) electrons. The molecule has 2 aliphatic rings. The summed E-state index contributed by atoms with van der Waals surface area (Å²) in [7, 11) is 1.43. The third-order valence-corrected chi connectivity index (χ3v) is 5.65. The van der Waals surface area contributed by atoms with E-state index in [4.69, 9.17) is 23.7 Å². The summed E-state index contributed by atoms with van der Waals surface area (Å²) >= 11 is 0. The van der Waals surface area contributed by atoms with Crippen LogP contribution in [0.2, 0.25) is 0 Å². The second kappa shape index (κ2) is 8.40. The average Bonchev–Trinajstić information content (AvgIpc) is 2.83. The van der Waals surface area contributed by atoms with E-state index in [-0.39, 0.29) is 41.1 Å². The molecule has 0 bridgehead atoms. The van der Waals surface area contributed by atoms with E-state index in [2.05, 4.69) is 0 Å². The second-order valence-corrected chi connectivity index (χ2v) is 7.85. The first-order valence-electron chi connectivity index (χ1n) is 10.4. The fourth-order valence-electron chi connectivity index (χ4n) is 4.01. The van der Waals surface area contributed by atoms with Gasteiger partial charge in [-0.25, -0.2) is 0 Å². The summed E-state index contributed by atoms with van der Waals surface area (Å²) in [5, 5.41) is 50.0. The van der Waals surface area contributed by atoms with Crippen molar-refractivity contribution < 1.29 is 49.2 Å². The number of phenols is 3. The third kappa shape index (κ3) is 3.72. The minimum atomic E-state index is -1.45. The summed E-state index contributed by atoms with van der Waals surface area (Å²) in [6.07, 6.45) is -3.88. The van der Waals surface area contributed by atoms with Gasteiger partial charge in [0.15, 0.2) is 52.8 Å². The number of hydrogen-bond donors (Lipinski definition) is 5. The van der Waals surface area contributed by atoms with Crippen LogP contribution < -0.4 is 23.7 Å². The van der Waals surface area contributed by atoms with Crippen LogP contribution in [-0.2, 0) is 0 Å². The second-order valence-electron chi connectivity index (χ2n) is 7.85. The molecule has 10 nitrogen and oxygen atoms in total. The number of methoxy groups -OCH3 is 1. The van der Waals surface area contributed by atoms with Crippen LogP contribution >= 0.6 is 0 Å². The van der Waals surface area contributed by atoms with Crippen LogP contribution in [-0.4, -0.2) is 51.6 Å². The van der Waals surface area contributed by atoms with E-state index in [1.165, 1.54) is 19.2 Å². The average molecular weight is 470 g/mol. The van der Waals surface area contributed by atoms with E-state index >= 15 is 0 Å². The number of ether oxygens (including phenoxy) is 5. The molecule has 0 saturated carbocycles. The molecule has 0 aromatic heterocycles. The minimum absolute atomic E-state index is 0.0352. The van der Waals surface area contributed by atoms with E-state index in [1.807, 2.05) is 0 Å². The first-order valence-corrected chi connectivity index (χ1v) is 10.4. The lowest BCUT2D eigenvalue weighted by Gasteiger charge is -2.35. The first kappa shape index (κ1) is 21.8. The maximum atomic E-state index is 10.5. The number of phenolic OH excluding ortho intramolecular Hbond substituents is 3. The van der Waals surface area contributed by atoms with Crippen molar-refractivity contribution in [3.05, 3.63) is 59.7 Å². The molecule has 5 rings (SSSR count). The van der Waals surface area contributed by atoms with Crippen LogP contribution in [0.25, 0.3) is 0 Å². The first-order chi connectivity index (χ1) is 16.4. The Morgan fingerprint density at radius 2 is 1.50 bits per heavy atom. The van der Waals surface area contributed by atoms with E-state index < -0.39 is 24.6 Å². The Bertz CT molecular complexity index is 1230. The summed E-state index contributed by atoms with van der Waals surface area (Å²) in [6, 6.07) is 11.9. The molecule has 3 aromatic rings. The predicted molar refractivity (Wildman–Crippen MR) is 116 cm³/mol. The van der Waals surface area contributed by atoms with E-state index in [0.717, 1.165) is 6.07 Å². The standard InChI is InChI=1S/C24H22O10/c1-30-17-6-11(2-4-14(17)27)21-20(10-25)31-16-5-3-12(7-18(16)32-21)22-24(29)34-23-15(28)8-13(26)9-19(23)33-22/h2-9,20-22,24-29H,10H2,1H3/t20-,21+,22-,24+/m0/s1. The highest BCUT2D eigenvalue weighted by Gasteiger charge is 2.37. The van der Waals surface area contributed by atoms with Crippen molar-refractivity contribution in [2.75, 3.05) is 13.7 Å². The number of aromatic hydroxyl groups is 3. The summed E-state index contributed by atoms with van der Waals surface area (Å²) in [4.78, 5) is 0. The molecule has 10 heteroatoms. The van der Waals surface area contributed by atoms with Crippen molar-refractivity contribution in [3.63, 3.8) is 0 Å². The van der Waals surface area contributed by atoms with E-state index in [1.54, 1.807) is 30.3 Å². The molecule has 0 spiro atoms. The van der Waals surface area contributed by atoms with Gasteiger partial charge in [0.25, 0.3) is 0 Å². The fourth-order valence-corrected chi connectivity index (χ4v) is 4.01. The molecule has 3 aromatic carbocycles. The molecule has 0 fully saturated rings. The van der Waals surface area contributed by atoms with E-state index in [9.17, 15) is 25.5 Å². The topological polar surface area (TPSA) is 147 Å². The number of aliphatic hydroxyl groups excluding tert-OH is 2. The van der Waals surface area contributed by atoms with Gasteiger partial charge >= 0.3 is 0 Å². The van der Waals surface area contributed by atoms with Gasteiger partial charge in [0.2, 0.25) is 12.0 Å². The maximum Gasteiger partial charge on any atom is 0.239 e. The molecular formula is C24H22O10. The van der Waals surface area contributed by atoms with Gasteiger partial charge in [-0.05, 0) is 24.3 Å². The SMILES string of the molecule is COc1cc([C@H]2Oc3cc([C@@H]4Oc5cc(O)cc(O)c5O[C@H]4O)ccc3O[C@H]2CO)ccc1O. The quantitative estimate of drug-likeness (QED) is 0.385. The number of fused-ring (bicyclic) bond motifs is 2. The van der Waals surface area contributed by atoms with Gasteiger partial charge in [-0.3, -0.25) is 0 Å². The van der Waals surface area contributed by atoms with Crippen LogP contribution in [0, 0.1) is 0 Å².